The third-order valence-corrected chi connectivity index (χ3v) is 5.46. The predicted molar refractivity (Wildman–Crippen MR) is 87.4 cm³/mol. The van der Waals surface area contributed by atoms with Gasteiger partial charge in [-0.15, -0.1) is 5.06 Å². The van der Waals surface area contributed by atoms with E-state index in [0.717, 1.165) is 25.7 Å². The maximum Gasteiger partial charge on any atom is 0.432 e. The maximum absolute atomic E-state index is 12.4. The van der Waals surface area contributed by atoms with Gasteiger partial charge in [0, 0.05) is 6.04 Å². The molecular weight excluding hydrogens is 308 g/mol. The van der Waals surface area contributed by atoms with E-state index in [1.807, 2.05) is 19.1 Å². The third-order valence-electron chi connectivity index (χ3n) is 5.46. The van der Waals surface area contributed by atoms with Gasteiger partial charge >= 0.3 is 6.09 Å². The van der Waals surface area contributed by atoms with Crippen molar-refractivity contribution in [1.82, 2.24) is 10.4 Å². The number of carbonyl (C=O) groups excluding carboxylic acids is 3. The second-order valence-corrected chi connectivity index (χ2v) is 7.24. The van der Waals surface area contributed by atoms with Crippen LogP contribution in [0.4, 0.5) is 4.79 Å². The average molecular weight is 334 g/mol. The summed E-state index contributed by atoms with van der Waals surface area (Å²) in [5.41, 5.74) is 0. The van der Waals surface area contributed by atoms with Gasteiger partial charge in [0.25, 0.3) is 11.8 Å². The second-order valence-electron chi connectivity index (χ2n) is 7.24. The van der Waals surface area contributed by atoms with Crippen molar-refractivity contribution in [3.63, 3.8) is 0 Å². The van der Waals surface area contributed by atoms with Crippen LogP contribution in [0.15, 0.2) is 12.2 Å². The second kappa shape index (κ2) is 6.95. The molecule has 0 aromatic rings. The fraction of sp³-hybridized carbons (Fsp3) is 0.722. The molecule has 1 heterocycles. The van der Waals surface area contributed by atoms with Crippen molar-refractivity contribution < 1.29 is 19.2 Å². The van der Waals surface area contributed by atoms with Crippen molar-refractivity contribution in [3.8, 4) is 0 Å². The first-order valence-corrected chi connectivity index (χ1v) is 9.07. The van der Waals surface area contributed by atoms with Gasteiger partial charge in [0.05, 0.1) is 11.8 Å². The number of imide groups is 1. The number of nitrogens with zero attached hydrogens (tertiary/aromatic N) is 1. The number of nitrogens with one attached hydrogen (secondary N) is 1. The highest BCUT2D eigenvalue weighted by molar-refractivity contribution is 6.06. The van der Waals surface area contributed by atoms with Crippen molar-refractivity contribution in [2.45, 2.75) is 58.4 Å². The van der Waals surface area contributed by atoms with Crippen LogP contribution in [-0.4, -0.2) is 29.0 Å². The molecule has 2 bridgehead atoms. The first-order valence-electron chi connectivity index (χ1n) is 9.07. The van der Waals surface area contributed by atoms with E-state index in [9.17, 15) is 14.4 Å². The van der Waals surface area contributed by atoms with Gasteiger partial charge in [-0.25, -0.2) is 4.79 Å². The fourth-order valence-corrected chi connectivity index (χ4v) is 4.22. The van der Waals surface area contributed by atoms with Gasteiger partial charge in [-0.1, -0.05) is 44.8 Å². The highest BCUT2D eigenvalue weighted by Crippen LogP contribution is 2.52. The van der Waals surface area contributed by atoms with E-state index in [0.29, 0.717) is 5.06 Å². The number of allylic oxidation sites excluding steroid dienone is 2. The molecular formula is C18H26N2O4. The highest BCUT2D eigenvalue weighted by atomic mass is 16.7. The molecule has 0 radical (unpaired) electrons. The van der Waals surface area contributed by atoms with Crippen LogP contribution in [0.3, 0.4) is 0 Å². The number of carbonyl (C=O) groups is 3. The Morgan fingerprint density at radius 2 is 1.83 bits per heavy atom. The van der Waals surface area contributed by atoms with Crippen molar-refractivity contribution in [2.24, 2.45) is 23.7 Å². The zero-order valence-corrected chi connectivity index (χ0v) is 14.4. The minimum Gasteiger partial charge on any atom is -0.317 e. The van der Waals surface area contributed by atoms with E-state index in [1.165, 1.54) is 12.8 Å². The summed E-state index contributed by atoms with van der Waals surface area (Å²) in [5.74, 6) is -1.19. The van der Waals surface area contributed by atoms with Gasteiger partial charge in [-0.3, -0.25) is 9.59 Å². The quantitative estimate of drug-likeness (QED) is 0.441. The summed E-state index contributed by atoms with van der Waals surface area (Å²) in [6, 6.07) is -0.0421. The zero-order valence-electron chi connectivity index (χ0n) is 14.4. The Kier molecular flexibility index (Phi) is 4.92. The number of rotatable bonds is 7. The van der Waals surface area contributed by atoms with Crippen LogP contribution in [0.1, 0.15) is 52.4 Å². The van der Waals surface area contributed by atoms with Crippen molar-refractivity contribution in [3.05, 3.63) is 12.2 Å². The molecule has 6 nitrogen and oxygen atoms in total. The summed E-state index contributed by atoms with van der Waals surface area (Å²) in [6.45, 7) is 4.06. The molecule has 5 atom stereocenters. The van der Waals surface area contributed by atoms with Crippen molar-refractivity contribution in [1.29, 1.82) is 0 Å². The van der Waals surface area contributed by atoms with E-state index < -0.39 is 6.09 Å². The first-order chi connectivity index (χ1) is 11.5. The minimum atomic E-state index is -0.722. The van der Waals surface area contributed by atoms with Crippen molar-refractivity contribution >= 4 is 17.9 Å². The Morgan fingerprint density at radius 1 is 1.21 bits per heavy atom. The number of hydrogen-bond acceptors (Lipinski definition) is 4. The lowest BCUT2D eigenvalue weighted by Gasteiger charge is -2.18. The number of amides is 3. The van der Waals surface area contributed by atoms with E-state index >= 15 is 0 Å². The normalized spacial score (nSPS) is 31.5. The van der Waals surface area contributed by atoms with Gasteiger partial charge in [0.1, 0.15) is 0 Å². The Hall–Kier alpha value is -1.85. The van der Waals surface area contributed by atoms with Crippen molar-refractivity contribution in [2.75, 3.05) is 0 Å². The molecule has 2 fully saturated rings. The number of hydrogen-bond donors (Lipinski definition) is 1. The topological polar surface area (TPSA) is 75.7 Å². The Labute approximate surface area is 142 Å². The molecule has 132 valence electrons. The highest BCUT2D eigenvalue weighted by Gasteiger charge is 2.60. The molecule has 0 spiro atoms. The molecule has 1 saturated heterocycles. The molecule has 1 N–H and O–H groups in total. The van der Waals surface area contributed by atoms with Crippen LogP contribution >= 0.6 is 0 Å². The minimum absolute atomic E-state index is 0.0421. The Morgan fingerprint density at radius 3 is 2.42 bits per heavy atom. The SMILES string of the molecule is CCCCCCC(C)NC(=O)ON1C(=O)C2C3C=CC(C3)C2C1=O. The molecule has 3 rings (SSSR count). The summed E-state index contributed by atoms with van der Waals surface area (Å²) < 4.78 is 0. The van der Waals surface area contributed by atoms with Crippen LogP contribution in [0.25, 0.3) is 0 Å². The number of fused-ring (bicyclic) bond motifs is 5. The van der Waals surface area contributed by atoms with Crippen LogP contribution in [-0.2, 0) is 14.4 Å². The van der Waals surface area contributed by atoms with Gasteiger partial charge in [-0.05, 0) is 31.6 Å². The molecule has 5 unspecified atom stereocenters. The lowest BCUT2D eigenvalue weighted by molar-refractivity contribution is -0.174. The fourth-order valence-electron chi connectivity index (χ4n) is 4.22. The van der Waals surface area contributed by atoms with E-state index in [-0.39, 0.29) is 41.5 Å². The molecule has 1 saturated carbocycles. The summed E-state index contributed by atoms with van der Waals surface area (Å²) >= 11 is 0. The van der Waals surface area contributed by atoms with E-state index in [4.69, 9.17) is 4.84 Å². The van der Waals surface area contributed by atoms with Gasteiger partial charge in [0.2, 0.25) is 0 Å². The molecule has 24 heavy (non-hydrogen) atoms. The summed E-state index contributed by atoms with van der Waals surface area (Å²) in [7, 11) is 0. The van der Waals surface area contributed by atoms with Crippen LogP contribution in [0.5, 0.6) is 0 Å². The maximum atomic E-state index is 12.4. The molecule has 1 aliphatic heterocycles. The predicted octanol–water partition coefficient (Wildman–Crippen LogP) is 2.79. The van der Waals surface area contributed by atoms with Crippen LogP contribution < -0.4 is 5.32 Å². The van der Waals surface area contributed by atoms with Gasteiger partial charge < -0.3 is 10.2 Å². The number of hydroxylamine groups is 2. The number of unbranched alkanes of at least 4 members (excludes halogenated alkanes) is 3. The monoisotopic (exact) mass is 334 g/mol. The summed E-state index contributed by atoms with van der Waals surface area (Å²) in [5, 5.41) is 3.40. The van der Waals surface area contributed by atoms with E-state index in [1.54, 1.807) is 0 Å². The Bertz CT molecular complexity index is 529. The van der Waals surface area contributed by atoms with Gasteiger partial charge in [-0.2, -0.15) is 0 Å². The average Bonchev–Trinajstić information content (AvgIpc) is 3.21. The summed E-state index contributed by atoms with van der Waals surface area (Å²) in [6.07, 6.45) is 9.56. The Balaban J connectivity index is 1.49. The van der Waals surface area contributed by atoms with Crippen LogP contribution in [0, 0.1) is 23.7 Å². The standard InChI is InChI=1S/C18H26N2O4/c1-3-4-5-6-7-11(2)19-18(23)24-20-16(21)14-12-8-9-13(10-12)15(14)17(20)22/h8-9,11-15H,3-7,10H2,1-2H3,(H,19,23). The zero-order chi connectivity index (χ0) is 17.3. The first kappa shape index (κ1) is 17.0. The largest absolute Gasteiger partial charge is 0.432 e. The van der Waals surface area contributed by atoms with Crippen LogP contribution in [0.2, 0.25) is 0 Å². The molecule has 0 aromatic heterocycles. The smallest absolute Gasteiger partial charge is 0.317 e. The third kappa shape index (κ3) is 3.06. The molecule has 0 aromatic carbocycles. The summed E-state index contributed by atoms with van der Waals surface area (Å²) in [4.78, 5) is 41.9. The molecule has 3 amide bonds. The van der Waals surface area contributed by atoms with Gasteiger partial charge in [0.15, 0.2) is 0 Å². The molecule has 3 aliphatic rings. The molecule has 2 aliphatic carbocycles. The molecule has 6 heteroatoms. The lowest BCUT2D eigenvalue weighted by Crippen LogP contribution is -2.41. The lowest BCUT2D eigenvalue weighted by atomic mass is 9.85. The van der Waals surface area contributed by atoms with E-state index in [2.05, 4.69) is 12.2 Å².